The number of hydrogen-bond donors (Lipinski definition) is 1. The number of phenols is 1. The van der Waals surface area contributed by atoms with Crippen LogP contribution in [0.25, 0.3) is 11.5 Å². The summed E-state index contributed by atoms with van der Waals surface area (Å²) in [6.07, 6.45) is 0.523. The van der Waals surface area contributed by atoms with Crippen LogP contribution in [-0.4, -0.2) is 22.4 Å². The van der Waals surface area contributed by atoms with E-state index in [0.29, 0.717) is 17.8 Å². The smallest absolute Gasteiger partial charge is 0.261 e. The molecule has 3 rings (SSSR count). The molecule has 3 aromatic rings. The predicted octanol–water partition coefficient (Wildman–Crippen LogP) is 3.80. The molecule has 0 spiro atoms. The summed E-state index contributed by atoms with van der Waals surface area (Å²) in [4.78, 5) is 4.33. The summed E-state index contributed by atoms with van der Waals surface area (Å²) in [7, 11) is 1.63. The average Bonchev–Trinajstić information content (AvgIpc) is 2.98. The Balaban J connectivity index is 1.86. The highest BCUT2D eigenvalue weighted by atomic mass is 79.9. The Labute approximate surface area is 135 Å². The van der Waals surface area contributed by atoms with E-state index in [0.717, 1.165) is 15.8 Å². The Hall–Kier alpha value is -2.34. The molecule has 0 radical (unpaired) electrons. The standard InChI is InChI=1S/C16H13BrN2O3/c1-21-12-4-2-3-10(7-12)8-15-18-16(22-19-15)13-9-11(17)5-6-14(13)20/h2-7,9,20H,8H2,1H3. The van der Waals surface area contributed by atoms with Crippen molar-refractivity contribution in [3.63, 3.8) is 0 Å². The lowest BCUT2D eigenvalue weighted by Crippen LogP contribution is -1.92. The third-order valence-electron chi connectivity index (χ3n) is 3.15. The molecule has 0 fully saturated rings. The zero-order valence-corrected chi connectivity index (χ0v) is 13.4. The van der Waals surface area contributed by atoms with Gasteiger partial charge in [-0.05, 0) is 35.9 Å². The first-order valence-corrected chi connectivity index (χ1v) is 7.39. The Morgan fingerprint density at radius 2 is 2.09 bits per heavy atom. The van der Waals surface area contributed by atoms with E-state index < -0.39 is 0 Å². The van der Waals surface area contributed by atoms with Crippen LogP contribution < -0.4 is 4.74 Å². The Morgan fingerprint density at radius 1 is 1.23 bits per heavy atom. The monoisotopic (exact) mass is 360 g/mol. The van der Waals surface area contributed by atoms with Crippen LogP contribution in [0.5, 0.6) is 11.5 Å². The first-order chi connectivity index (χ1) is 10.7. The van der Waals surface area contributed by atoms with Crippen LogP contribution in [0, 0.1) is 0 Å². The van der Waals surface area contributed by atoms with Gasteiger partial charge >= 0.3 is 0 Å². The molecule has 0 saturated heterocycles. The van der Waals surface area contributed by atoms with E-state index in [1.165, 1.54) is 0 Å². The maximum atomic E-state index is 9.89. The molecule has 22 heavy (non-hydrogen) atoms. The van der Waals surface area contributed by atoms with Gasteiger partial charge in [-0.1, -0.05) is 33.2 Å². The predicted molar refractivity (Wildman–Crippen MR) is 84.9 cm³/mol. The Kier molecular flexibility index (Phi) is 4.11. The van der Waals surface area contributed by atoms with E-state index >= 15 is 0 Å². The van der Waals surface area contributed by atoms with Gasteiger partial charge in [0.25, 0.3) is 5.89 Å². The number of hydrogen-bond acceptors (Lipinski definition) is 5. The van der Waals surface area contributed by atoms with E-state index in [2.05, 4.69) is 26.1 Å². The highest BCUT2D eigenvalue weighted by Crippen LogP contribution is 2.30. The van der Waals surface area contributed by atoms with E-state index in [1.807, 2.05) is 24.3 Å². The second-order valence-electron chi connectivity index (χ2n) is 4.71. The van der Waals surface area contributed by atoms with Gasteiger partial charge in [0.1, 0.15) is 11.5 Å². The lowest BCUT2D eigenvalue weighted by atomic mass is 10.1. The van der Waals surface area contributed by atoms with Crippen molar-refractivity contribution in [1.29, 1.82) is 0 Å². The van der Waals surface area contributed by atoms with E-state index in [4.69, 9.17) is 9.26 Å². The summed E-state index contributed by atoms with van der Waals surface area (Å²) in [5, 5.41) is 13.9. The summed E-state index contributed by atoms with van der Waals surface area (Å²) in [5.74, 6) is 1.71. The van der Waals surface area contributed by atoms with Gasteiger partial charge in [0.05, 0.1) is 12.7 Å². The highest BCUT2D eigenvalue weighted by molar-refractivity contribution is 9.10. The zero-order chi connectivity index (χ0) is 15.5. The number of benzene rings is 2. The first kappa shape index (κ1) is 14.6. The molecule has 1 heterocycles. The van der Waals surface area contributed by atoms with Crippen molar-refractivity contribution in [2.45, 2.75) is 6.42 Å². The van der Waals surface area contributed by atoms with E-state index in [9.17, 15) is 5.11 Å². The Bertz CT molecular complexity index is 802. The van der Waals surface area contributed by atoms with Gasteiger partial charge in [0.2, 0.25) is 0 Å². The summed E-state index contributed by atoms with van der Waals surface area (Å²) in [5.41, 5.74) is 1.52. The lowest BCUT2D eigenvalue weighted by molar-refractivity contribution is 0.413. The highest BCUT2D eigenvalue weighted by Gasteiger charge is 2.13. The van der Waals surface area contributed by atoms with Gasteiger partial charge in [-0.3, -0.25) is 0 Å². The van der Waals surface area contributed by atoms with Crippen molar-refractivity contribution in [2.24, 2.45) is 0 Å². The topological polar surface area (TPSA) is 68.4 Å². The molecule has 0 unspecified atom stereocenters. The number of aromatic nitrogens is 2. The zero-order valence-electron chi connectivity index (χ0n) is 11.8. The third kappa shape index (κ3) is 3.12. The largest absolute Gasteiger partial charge is 0.507 e. The van der Waals surface area contributed by atoms with Crippen LogP contribution in [0.15, 0.2) is 51.5 Å². The minimum atomic E-state index is 0.0970. The maximum absolute atomic E-state index is 9.89. The number of nitrogens with zero attached hydrogens (tertiary/aromatic N) is 2. The van der Waals surface area contributed by atoms with Crippen molar-refractivity contribution in [2.75, 3.05) is 7.11 Å². The number of methoxy groups -OCH3 is 1. The number of halogens is 1. The third-order valence-corrected chi connectivity index (χ3v) is 3.65. The van der Waals surface area contributed by atoms with Crippen molar-refractivity contribution in [1.82, 2.24) is 10.1 Å². The fraction of sp³-hybridized carbons (Fsp3) is 0.125. The van der Waals surface area contributed by atoms with Crippen molar-refractivity contribution in [3.05, 3.63) is 58.3 Å². The van der Waals surface area contributed by atoms with E-state index in [-0.39, 0.29) is 11.6 Å². The molecule has 0 bridgehead atoms. The summed E-state index contributed by atoms with van der Waals surface area (Å²) in [6, 6.07) is 12.7. The van der Waals surface area contributed by atoms with Crippen molar-refractivity contribution in [3.8, 4) is 23.0 Å². The molecule has 6 heteroatoms. The molecule has 1 N–H and O–H groups in total. The average molecular weight is 361 g/mol. The van der Waals surface area contributed by atoms with Crippen LogP contribution in [0.4, 0.5) is 0 Å². The van der Waals surface area contributed by atoms with Gasteiger partial charge in [0.15, 0.2) is 5.82 Å². The van der Waals surface area contributed by atoms with Crippen molar-refractivity contribution >= 4 is 15.9 Å². The molecule has 112 valence electrons. The molecular formula is C16H13BrN2O3. The minimum absolute atomic E-state index is 0.0970. The number of rotatable bonds is 4. The summed E-state index contributed by atoms with van der Waals surface area (Å²) >= 11 is 3.36. The molecule has 0 saturated carbocycles. The fourth-order valence-electron chi connectivity index (χ4n) is 2.08. The first-order valence-electron chi connectivity index (χ1n) is 6.60. The van der Waals surface area contributed by atoms with Gasteiger partial charge in [-0.2, -0.15) is 4.98 Å². The van der Waals surface area contributed by atoms with Crippen LogP contribution in [-0.2, 0) is 6.42 Å². The molecule has 0 atom stereocenters. The molecule has 1 aromatic heterocycles. The second-order valence-corrected chi connectivity index (χ2v) is 5.62. The van der Waals surface area contributed by atoms with Gasteiger partial charge in [-0.15, -0.1) is 0 Å². The second kappa shape index (κ2) is 6.19. The van der Waals surface area contributed by atoms with Crippen LogP contribution in [0.2, 0.25) is 0 Å². The summed E-state index contributed by atoms with van der Waals surface area (Å²) in [6.45, 7) is 0. The molecular weight excluding hydrogens is 348 g/mol. The molecule has 0 aliphatic heterocycles. The van der Waals surface area contributed by atoms with Crippen LogP contribution in [0.3, 0.4) is 0 Å². The molecule has 0 aliphatic carbocycles. The van der Waals surface area contributed by atoms with Crippen LogP contribution in [0.1, 0.15) is 11.4 Å². The number of aromatic hydroxyl groups is 1. The molecule has 0 aliphatic rings. The quantitative estimate of drug-likeness (QED) is 0.766. The van der Waals surface area contributed by atoms with Crippen molar-refractivity contribution < 1.29 is 14.4 Å². The van der Waals surface area contributed by atoms with Crippen LogP contribution >= 0.6 is 15.9 Å². The van der Waals surface area contributed by atoms with Gasteiger partial charge in [-0.25, -0.2) is 0 Å². The maximum Gasteiger partial charge on any atom is 0.261 e. The number of ether oxygens (including phenoxy) is 1. The number of phenolic OH excluding ortho intramolecular Hbond substituents is 1. The molecule has 2 aromatic carbocycles. The Morgan fingerprint density at radius 3 is 2.91 bits per heavy atom. The fourth-order valence-corrected chi connectivity index (χ4v) is 2.44. The minimum Gasteiger partial charge on any atom is -0.507 e. The normalized spacial score (nSPS) is 10.6. The molecule has 5 nitrogen and oxygen atoms in total. The lowest BCUT2D eigenvalue weighted by Gasteiger charge is -2.01. The summed E-state index contributed by atoms with van der Waals surface area (Å²) < 4.78 is 11.3. The molecule has 0 amide bonds. The van der Waals surface area contributed by atoms with Gasteiger partial charge < -0.3 is 14.4 Å². The van der Waals surface area contributed by atoms with Gasteiger partial charge in [0, 0.05) is 10.9 Å². The SMILES string of the molecule is COc1cccc(Cc2noc(-c3cc(Br)ccc3O)n2)c1. The van der Waals surface area contributed by atoms with E-state index in [1.54, 1.807) is 25.3 Å².